The third kappa shape index (κ3) is 3.35. The summed E-state index contributed by atoms with van der Waals surface area (Å²) in [4.78, 5) is 21.7. The van der Waals surface area contributed by atoms with Crippen LogP contribution in [-0.4, -0.2) is 18.7 Å². The number of carbonyl (C=O) groups excluding carboxylic acids is 2. The van der Waals surface area contributed by atoms with Crippen molar-refractivity contribution in [2.24, 2.45) is 0 Å². The van der Waals surface area contributed by atoms with E-state index in [1.807, 2.05) is 6.07 Å². The Morgan fingerprint density at radius 2 is 2.29 bits per heavy atom. The Bertz CT molecular complexity index is 435. The third-order valence-corrected chi connectivity index (χ3v) is 2.20. The van der Waals surface area contributed by atoms with Crippen molar-refractivity contribution in [2.45, 2.75) is 13.0 Å². The van der Waals surface area contributed by atoms with Crippen LogP contribution in [0.15, 0.2) is 24.3 Å². The van der Waals surface area contributed by atoms with Crippen molar-refractivity contribution in [3.05, 3.63) is 29.8 Å². The molecule has 17 heavy (non-hydrogen) atoms. The summed E-state index contributed by atoms with van der Waals surface area (Å²) in [6.07, 6.45) is -0.428. The maximum absolute atomic E-state index is 10.9. The van der Waals surface area contributed by atoms with E-state index in [-0.39, 0.29) is 24.4 Å². The molecule has 0 aromatic heterocycles. The molecular weight excluding hydrogens is 246 g/mol. The number of nitrogens with one attached hydrogen (secondary N) is 1. The molecule has 0 unspecified atom stereocenters. The molecule has 92 valence electrons. The van der Waals surface area contributed by atoms with Gasteiger partial charge in [0.2, 0.25) is 0 Å². The lowest BCUT2D eigenvalue weighted by molar-refractivity contribution is -0.131. The number of carbonyl (C=O) groups is 2. The van der Waals surface area contributed by atoms with Crippen LogP contribution in [0.1, 0.15) is 18.5 Å². The molecule has 2 rings (SSSR count). The maximum atomic E-state index is 10.9. The van der Waals surface area contributed by atoms with E-state index < -0.39 is 6.09 Å². The number of esters is 1. The molecule has 0 saturated carbocycles. The summed E-state index contributed by atoms with van der Waals surface area (Å²) < 4.78 is 9.73. The first-order chi connectivity index (χ1) is 7.65. The predicted octanol–water partition coefficient (Wildman–Crippen LogP) is 1.81. The molecule has 0 aliphatic carbocycles. The Kier molecular flexibility index (Phi) is 4.34. The smallest absolute Gasteiger partial charge is 0.407 e. The van der Waals surface area contributed by atoms with Gasteiger partial charge in [-0.15, -0.1) is 12.4 Å². The van der Waals surface area contributed by atoms with E-state index in [1.54, 1.807) is 18.2 Å². The topological polar surface area (TPSA) is 64.6 Å². The molecular formula is C11H12ClNO4. The minimum Gasteiger partial charge on any atom is -0.447 e. The fraction of sp³-hybridized carbons (Fsp3) is 0.273. The summed E-state index contributed by atoms with van der Waals surface area (Å²) in [5, 5.41) is 2.65. The maximum Gasteiger partial charge on any atom is 0.407 e. The molecule has 1 fully saturated rings. The van der Waals surface area contributed by atoms with Gasteiger partial charge in [0.15, 0.2) is 0 Å². The first kappa shape index (κ1) is 13.3. The van der Waals surface area contributed by atoms with Gasteiger partial charge < -0.3 is 14.8 Å². The normalized spacial score (nSPS) is 17.7. The molecule has 1 aliphatic rings. The number of cyclic esters (lactones) is 1. The highest BCUT2D eigenvalue weighted by atomic mass is 35.5. The van der Waals surface area contributed by atoms with Crippen LogP contribution < -0.4 is 10.1 Å². The lowest BCUT2D eigenvalue weighted by atomic mass is 10.1. The highest BCUT2D eigenvalue weighted by Crippen LogP contribution is 2.22. The van der Waals surface area contributed by atoms with E-state index in [2.05, 4.69) is 5.32 Å². The molecule has 1 N–H and O–H groups in total. The molecule has 5 nitrogen and oxygen atoms in total. The Labute approximate surface area is 105 Å². The van der Waals surface area contributed by atoms with Crippen molar-refractivity contribution >= 4 is 24.5 Å². The van der Waals surface area contributed by atoms with E-state index in [4.69, 9.17) is 9.47 Å². The summed E-state index contributed by atoms with van der Waals surface area (Å²) >= 11 is 0. The van der Waals surface area contributed by atoms with E-state index in [9.17, 15) is 9.59 Å². The summed E-state index contributed by atoms with van der Waals surface area (Å²) in [7, 11) is 0. The zero-order valence-corrected chi connectivity index (χ0v) is 9.95. The molecule has 1 amide bonds. The van der Waals surface area contributed by atoms with Gasteiger partial charge in [0.05, 0.1) is 6.04 Å². The quantitative estimate of drug-likeness (QED) is 0.648. The third-order valence-electron chi connectivity index (χ3n) is 2.20. The number of benzene rings is 1. The van der Waals surface area contributed by atoms with E-state index in [1.165, 1.54) is 6.92 Å². The number of ether oxygens (including phenoxy) is 2. The first-order valence-electron chi connectivity index (χ1n) is 4.87. The van der Waals surface area contributed by atoms with Gasteiger partial charge in [-0.1, -0.05) is 12.1 Å². The lowest BCUT2D eigenvalue weighted by Gasteiger charge is -2.09. The molecule has 1 aromatic carbocycles. The number of hydrogen-bond donors (Lipinski definition) is 1. The van der Waals surface area contributed by atoms with Crippen LogP contribution in [0.2, 0.25) is 0 Å². The molecule has 1 aliphatic heterocycles. The van der Waals surface area contributed by atoms with Gasteiger partial charge in [0.1, 0.15) is 12.4 Å². The van der Waals surface area contributed by atoms with E-state index in [0.29, 0.717) is 12.4 Å². The van der Waals surface area contributed by atoms with Crippen LogP contribution in [0, 0.1) is 0 Å². The van der Waals surface area contributed by atoms with Crippen molar-refractivity contribution < 1.29 is 19.1 Å². The SMILES string of the molecule is CC(=O)Oc1cccc([C@H]2COC(=O)N2)c1.Cl. The summed E-state index contributed by atoms with van der Waals surface area (Å²) in [5.74, 6) is 0.0926. The van der Waals surface area contributed by atoms with Crippen molar-refractivity contribution in [2.75, 3.05) is 6.61 Å². The van der Waals surface area contributed by atoms with Crippen LogP contribution in [0.4, 0.5) is 4.79 Å². The van der Waals surface area contributed by atoms with Gasteiger partial charge >= 0.3 is 12.1 Å². The van der Waals surface area contributed by atoms with Gasteiger partial charge in [-0.3, -0.25) is 4.79 Å². The average Bonchev–Trinajstić information content (AvgIpc) is 2.64. The Balaban J connectivity index is 0.00000144. The monoisotopic (exact) mass is 257 g/mol. The van der Waals surface area contributed by atoms with Crippen LogP contribution in [0.3, 0.4) is 0 Å². The van der Waals surface area contributed by atoms with Crippen molar-refractivity contribution in [1.29, 1.82) is 0 Å². The summed E-state index contributed by atoms with van der Waals surface area (Å²) in [6.45, 7) is 1.63. The second-order valence-electron chi connectivity index (χ2n) is 3.46. The fourth-order valence-corrected chi connectivity index (χ4v) is 1.52. The fourth-order valence-electron chi connectivity index (χ4n) is 1.52. The van der Waals surface area contributed by atoms with Gasteiger partial charge in [-0.2, -0.15) is 0 Å². The molecule has 0 radical (unpaired) electrons. The van der Waals surface area contributed by atoms with Crippen LogP contribution in [-0.2, 0) is 9.53 Å². The zero-order valence-electron chi connectivity index (χ0n) is 9.14. The molecule has 1 saturated heterocycles. The summed E-state index contributed by atoms with van der Waals surface area (Å²) in [5.41, 5.74) is 0.851. The number of halogens is 1. The lowest BCUT2D eigenvalue weighted by Crippen LogP contribution is -2.18. The highest BCUT2D eigenvalue weighted by Gasteiger charge is 2.23. The predicted molar refractivity (Wildman–Crippen MR) is 62.2 cm³/mol. The Morgan fingerprint density at radius 1 is 1.53 bits per heavy atom. The molecule has 6 heteroatoms. The largest absolute Gasteiger partial charge is 0.447 e. The van der Waals surface area contributed by atoms with Crippen LogP contribution >= 0.6 is 12.4 Å². The minimum absolute atomic E-state index is 0. The van der Waals surface area contributed by atoms with Gasteiger partial charge in [0, 0.05) is 6.92 Å². The first-order valence-corrected chi connectivity index (χ1v) is 4.87. The van der Waals surface area contributed by atoms with Gasteiger partial charge in [0.25, 0.3) is 0 Å². The van der Waals surface area contributed by atoms with Crippen molar-refractivity contribution in [3.63, 3.8) is 0 Å². The second-order valence-corrected chi connectivity index (χ2v) is 3.46. The summed E-state index contributed by atoms with van der Waals surface area (Å²) in [6, 6.07) is 6.82. The zero-order chi connectivity index (χ0) is 11.5. The standard InChI is InChI=1S/C11H11NO4.ClH/c1-7(13)16-9-4-2-3-8(5-9)10-6-15-11(14)12-10;/h2-5,10H,6H2,1H3,(H,12,14);1H/t10-;/m1./s1. The number of alkyl carbamates (subject to hydrolysis) is 1. The Morgan fingerprint density at radius 3 is 2.88 bits per heavy atom. The number of hydrogen-bond acceptors (Lipinski definition) is 4. The molecule has 0 spiro atoms. The number of amides is 1. The molecule has 1 aromatic rings. The molecule has 0 bridgehead atoms. The Hall–Kier alpha value is -1.75. The molecule has 1 heterocycles. The van der Waals surface area contributed by atoms with Gasteiger partial charge in [-0.05, 0) is 17.7 Å². The van der Waals surface area contributed by atoms with E-state index in [0.717, 1.165) is 5.56 Å². The van der Waals surface area contributed by atoms with Crippen molar-refractivity contribution in [1.82, 2.24) is 5.32 Å². The van der Waals surface area contributed by atoms with E-state index >= 15 is 0 Å². The van der Waals surface area contributed by atoms with Crippen molar-refractivity contribution in [3.8, 4) is 5.75 Å². The van der Waals surface area contributed by atoms with Gasteiger partial charge in [-0.25, -0.2) is 4.79 Å². The minimum atomic E-state index is -0.428. The van der Waals surface area contributed by atoms with Crippen LogP contribution in [0.5, 0.6) is 5.75 Å². The second kappa shape index (κ2) is 5.54. The number of rotatable bonds is 2. The highest BCUT2D eigenvalue weighted by molar-refractivity contribution is 5.85. The molecule has 1 atom stereocenters. The van der Waals surface area contributed by atoms with Crippen LogP contribution in [0.25, 0.3) is 0 Å². The average molecular weight is 258 g/mol.